The van der Waals surface area contributed by atoms with Gasteiger partial charge in [-0.15, -0.1) is 0 Å². The molecule has 2 aromatic heterocycles. The van der Waals surface area contributed by atoms with Crippen LogP contribution in [0.3, 0.4) is 0 Å². The van der Waals surface area contributed by atoms with Crippen molar-refractivity contribution in [2.75, 3.05) is 5.32 Å². The minimum atomic E-state index is -0.535. The molecular formula is C24H19FN4O2. The molecule has 4 rings (SSSR count). The average molecular weight is 414 g/mol. The Bertz CT molecular complexity index is 1190. The highest BCUT2D eigenvalue weighted by Gasteiger charge is 2.07. The highest BCUT2D eigenvalue weighted by Crippen LogP contribution is 2.24. The number of nitrogens with zero attached hydrogens (tertiary/aromatic N) is 3. The zero-order chi connectivity index (χ0) is 21.5. The van der Waals surface area contributed by atoms with E-state index in [0.29, 0.717) is 23.7 Å². The van der Waals surface area contributed by atoms with E-state index in [1.807, 2.05) is 30.3 Å². The fourth-order valence-corrected chi connectivity index (χ4v) is 2.90. The summed E-state index contributed by atoms with van der Waals surface area (Å²) in [6, 6.07) is 19.4. The number of anilines is 1. The number of carbonyl (C=O) groups excluding carboxylic acids is 1. The lowest BCUT2D eigenvalue weighted by molar-refractivity contribution is -0.111. The number of pyridine rings is 1. The van der Waals surface area contributed by atoms with Crippen molar-refractivity contribution >= 4 is 17.8 Å². The van der Waals surface area contributed by atoms with Gasteiger partial charge in [-0.1, -0.05) is 36.4 Å². The van der Waals surface area contributed by atoms with Crippen molar-refractivity contribution in [1.29, 1.82) is 0 Å². The summed E-state index contributed by atoms with van der Waals surface area (Å²) in [7, 11) is 0. The number of aromatic nitrogens is 3. The standard InChI is InChI=1S/C24H19FN4O2/c25-21-15-18(8-10-22(21)31-20-7-4-13-26-16-20)9-11-24(30)28-23-12-14-27-29(23)17-19-5-2-1-3-6-19/h1-16H,17H2,(H,28,30)/b11-9+. The summed E-state index contributed by atoms with van der Waals surface area (Å²) in [5, 5.41) is 7.04. The monoisotopic (exact) mass is 414 g/mol. The Kier molecular flexibility index (Phi) is 6.13. The van der Waals surface area contributed by atoms with Crippen LogP contribution in [0.1, 0.15) is 11.1 Å². The molecule has 154 valence electrons. The van der Waals surface area contributed by atoms with Crippen molar-refractivity contribution in [3.05, 3.63) is 108 Å². The summed E-state index contributed by atoms with van der Waals surface area (Å²) in [4.78, 5) is 16.2. The van der Waals surface area contributed by atoms with Gasteiger partial charge in [0.15, 0.2) is 11.6 Å². The molecule has 1 amide bonds. The summed E-state index contributed by atoms with van der Waals surface area (Å²) in [5.41, 5.74) is 1.60. The Morgan fingerprint density at radius 3 is 2.71 bits per heavy atom. The molecule has 0 radical (unpaired) electrons. The molecule has 31 heavy (non-hydrogen) atoms. The molecule has 0 bridgehead atoms. The van der Waals surface area contributed by atoms with E-state index in [4.69, 9.17) is 4.74 Å². The van der Waals surface area contributed by atoms with Crippen LogP contribution in [-0.4, -0.2) is 20.7 Å². The van der Waals surface area contributed by atoms with E-state index in [1.165, 1.54) is 30.5 Å². The first-order valence-electron chi connectivity index (χ1n) is 9.59. The van der Waals surface area contributed by atoms with E-state index in [-0.39, 0.29) is 11.7 Å². The fourth-order valence-electron chi connectivity index (χ4n) is 2.90. The van der Waals surface area contributed by atoms with Crippen LogP contribution < -0.4 is 10.1 Å². The van der Waals surface area contributed by atoms with Crippen LogP contribution in [0.5, 0.6) is 11.5 Å². The lowest BCUT2D eigenvalue weighted by atomic mass is 10.2. The zero-order valence-electron chi connectivity index (χ0n) is 16.5. The predicted octanol–water partition coefficient (Wildman–Crippen LogP) is 4.91. The maximum Gasteiger partial charge on any atom is 0.249 e. The van der Waals surface area contributed by atoms with E-state index in [1.54, 1.807) is 41.3 Å². The smallest absolute Gasteiger partial charge is 0.249 e. The molecule has 0 atom stereocenters. The SMILES string of the molecule is O=C(/C=C/c1ccc(Oc2cccnc2)c(F)c1)Nc1ccnn1Cc1ccccc1. The third kappa shape index (κ3) is 5.42. The number of benzene rings is 2. The molecule has 2 heterocycles. The molecule has 2 aromatic carbocycles. The van der Waals surface area contributed by atoms with Gasteiger partial charge in [0, 0.05) is 18.3 Å². The van der Waals surface area contributed by atoms with Crippen molar-refractivity contribution in [2.24, 2.45) is 0 Å². The minimum Gasteiger partial charge on any atom is -0.453 e. The van der Waals surface area contributed by atoms with E-state index in [0.717, 1.165) is 5.56 Å². The highest BCUT2D eigenvalue weighted by molar-refractivity contribution is 6.01. The third-order valence-corrected chi connectivity index (χ3v) is 4.39. The molecule has 0 saturated heterocycles. The van der Waals surface area contributed by atoms with Crippen molar-refractivity contribution in [2.45, 2.75) is 6.54 Å². The third-order valence-electron chi connectivity index (χ3n) is 4.39. The first-order valence-corrected chi connectivity index (χ1v) is 9.59. The van der Waals surface area contributed by atoms with Crippen LogP contribution in [0.25, 0.3) is 6.08 Å². The van der Waals surface area contributed by atoms with Gasteiger partial charge in [0.25, 0.3) is 0 Å². The normalized spacial score (nSPS) is 10.9. The quantitative estimate of drug-likeness (QED) is 0.436. The number of hydrogen-bond donors (Lipinski definition) is 1. The Morgan fingerprint density at radius 2 is 1.94 bits per heavy atom. The molecule has 0 saturated carbocycles. The van der Waals surface area contributed by atoms with Crippen LogP contribution in [-0.2, 0) is 11.3 Å². The van der Waals surface area contributed by atoms with E-state index >= 15 is 0 Å². The molecule has 7 heteroatoms. The van der Waals surface area contributed by atoms with Gasteiger partial charge in [-0.25, -0.2) is 9.07 Å². The largest absolute Gasteiger partial charge is 0.453 e. The minimum absolute atomic E-state index is 0.0828. The molecular weight excluding hydrogens is 395 g/mol. The highest BCUT2D eigenvalue weighted by atomic mass is 19.1. The molecule has 0 aliphatic heterocycles. The summed E-state index contributed by atoms with van der Waals surface area (Å²) in [5.74, 6) is 0.221. The van der Waals surface area contributed by atoms with Crippen LogP contribution in [0.2, 0.25) is 0 Å². The first-order chi connectivity index (χ1) is 15.2. The number of amides is 1. The number of ether oxygens (including phenoxy) is 1. The second-order valence-corrected chi connectivity index (χ2v) is 6.66. The first kappa shape index (κ1) is 20.0. The van der Waals surface area contributed by atoms with Crippen molar-refractivity contribution in [3.8, 4) is 11.5 Å². The summed E-state index contributed by atoms with van der Waals surface area (Å²) >= 11 is 0. The summed E-state index contributed by atoms with van der Waals surface area (Å²) in [6.07, 6.45) is 7.61. The van der Waals surface area contributed by atoms with Gasteiger partial charge in [-0.3, -0.25) is 9.78 Å². The molecule has 1 N–H and O–H groups in total. The van der Waals surface area contributed by atoms with Gasteiger partial charge in [0.1, 0.15) is 11.6 Å². The van der Waals surface area contributed by atoms with E-state index in [2.05, 4.69) is 15.4 Å². The Morgan fingerprint density at radius 1 is 1.06 bits per heavy atom. The second kappa shape index (κ2) is 9.49. The lowest BCUT2D eigenvalue weighted by Crippen LogP contribution is -2.13. The van der Waals surface area contributed by atoms with E-state index in [9.17, 15) is 9.18 Å². The summed E-state index contributed by atoms with van der Waals surface area (Å²) in [6.45, 7) is 0.538. The van der Waals surface area contributed by atoms with Crippen LogP contribution in [0, 0.1) is 5.82 Å². The van der Waals surface area contributed by atoms with Gasteiger partial charge in [-0.2, -0.15) is 5.10 Å². The Labute approximate surface area is 178 Å². The van der Waals surface area contributed by atoms with Crippen molar-refractivity contribution < 1.29 is 13.9 Å². The molecule has 0 fully saturated rings. The topological polar surface area (TPSA) is 69.0 Å². The van der Waals surface area contributed by atoms with Gasteiger partial charge < -0.3 is 10.1 Å². The number of halogens is 1. The lowest BCUT2D eigenvalue weighted by Gasteiger charge is -2.08. The van der Waals surface area contributed by atoms with Crippen LogP contribution in [0.4, 0.5) is 10.2 Å². The maximum absolute atomic E-state index is 14.3. The molecule has 0 aliphatic rings. The van der Waals surface area contributed by atoms with Crippen molar-refractivity contribution in [3.63, 3.8) is 0 Å². The Balaban J connectivity index is 1.39. The average Bonchev–Trinajstić information content (AvgIpc) is 3.22. The molecule has 0 spiro atoms. The Hall–Kier alpha value is -4.26. The maximum atomic E-state index is 14.3. The van der Waals surface area contributed by atoms with Crippen molar-refractivity contribution in [1.82, 2.24) is 14.8 Å². The van der Waals surface area contributed by atoms with Gasteiger partial charge >= 0.3 is 0 Å². The van der Waals surface area contributed by atoms with Gasteiger partial charge in [-0.05, 0) is 41.5 Å². The number of nitrogens with one attached hydrogen (secondary N) is 1. The van der Waals surface area contributed by atoms with E-state index < -0.39 is 5.82 Å². The van der Waals surface area contributed by atoms with Gasteiger partial charge in [0.2, 0.25) is 5.91 Å². The number of carbonyl (C=O) groups is 1. The number of rotatable bonds is 7. The molecule has 0 aliphatic carbocycles. The molecule has 4 aromatic rings. The number of hydrogen-bond acceptors (Lipinski definition) is 4. The van der Waals surface area contributed by atoms with Gasteiger partial charge in [0.05, 0.1) is 18.9 Å². The second-order valence-electron chi connectivity index (χ2n) is 6.66. The predicted molar refractivity (Wildman–Crippen MR) is 116 cm³/mol. The molecule has 0 unspecified atom stereocenters. The molecule has 6 nitrogen and oxygen atoms in total. The van der Waals surface area contributed by atoms with Crippen LogP contribution in [0.15, 0.2) is 91.4 Å². The fraction of sp³-hybridized carbons (Fsp3) is 0.0417. The van der Waals surface area contributed by atoms with Crippen LogP contribution >= 0.6 is 0 Å². The summed E-state index contributed by atoms with van der Waals surface area (Å²) < 4.78 is 21.5. The zero-order valence-corrected chi connectivity index (χ0v) is 16.5.